The molecule has 0 bridgehead atoms. The Morgan fingerprint density at radius 3 is 2.15 bits per heavy atom. The molecule has 4 heteroatoms. The van der Waals surface area contributed by atoms with E-state index in [2.05, 4.69) is 71.2 Å². The minimum atomic E-state index is -1.69. The van der Waals surface area contributed by atoms with Crippen LogP contribution >= 0.6 is 0 Å². The summed E-state index contributed by atoms with van der Waals surface area (Å²) in [6, 6.07) is 0. The number of rotatable bonds is 11. The molecule has 0 fully saturated rings. The Bertz CT molecular complexity index is 508. The van der Waals surface area contributed by atoms with Crippen molar-refractivity contribution in [2.24, 2.45) is 0 Å². The second kappa shape index (κ2) is 12.9. The first kappa shape index (κ1) is 24.6. The third-order valence-corrected chi connectivity index (χ3v) is 9.00. The second-order valence-electron chi connectivity index (χ2n) is 7.87. The number of unbranched alkanes of at least 4 members (excludes halogenated alkanes) is 2. The summed E-state index contributed by atoms with van der Waals surface area (Å²) in [5.74, 6) is -0.293. The monoisotopic (exact) mass is 378 g/mol. The lowest BCUT2D eigenvalue weighted by Gasteiger charge is -2.37. The molecule has 0 rings (SSSR count). The maximum absolute atomic E-state index is 11.1. The highest BCUT2D eigenvalue weighted by molar-refractivity contribution is 6.74. The fourth-order valence-corrected chi connectivity index (χ4v) is 3.29. The number of allylic oxidation sites excluding steroid dienone is 6. The molecule has 26 heavy (non-hydrogen) atoms. The molecule has 0 aliphatic rings. The lowest BCUT2D eigenvalue weighted by Crippen LogP contribution is -2.42. The molecular weight excluding hydrogens is 340 g/mol. The van der Waals surface area contributed by atoms with Gasteiger partial charge in [0.05, 0.1) is 12.7 Å². The van der Waals surface area contributed by atoms with Gasteiger partial charge >= 0.3 is 5.97 Å². The standard InChI is InChI=1S/C22H38O3Si/c1-8-24-21(23)19-17-15-13-11-9-10-12-14-16-18-20(2)25-26(6,7)22(3,4)5/h12-20H,8-11H2,1-7H3/b14-12+,15-13+,18-16+,19-17+. The molecule has 0 aliphatic carbocycles. The van der Waals surface area contributed by atoms with Crippen molar-refractivity contribution in [2.75, 3.05) is 6.61 Å². The van der Waals surface area contributed by atoms with Crippen LogP contribution in [0.2, 0.25) is 18.1 Å². The fourth-order valence-electron chi connectivity index (χ4n) is 1.93. The molecule has 0 spiro atoms. The molecule has 0 saturated heterocycles. The van der Waals surface area contributed by atoms with E-state index >= 15 is 0 Å². The summed E-state index contributed by atoms with van der Waals surface area (Å²) >= 11 is 0. The summed E-state index contributed by atoms with van der Waals surface area (Å²) in [6.07, 6.45) is 18.9. The zero-order valence-corrected chi connectivity index (χ0v) is 18.7. The van der Waals surface area contributed by atoms with Crippen molar-refractivity contribution in [3.8, 4) is 0 Å². The Hall–Kier alpha value is -1.39. The van der Waals surface area contributed by atoms with Crippen LogP contribution < -0.4 is 0 Å². The summed E-state index contributed by atoms with van der Waals surface area (Å²) in [4.78, 5) is 11.1. The highest BCUT2D eigenvalue weighted by Gasteiger charge is 2.37. The Balaban J connectivity index is 3.97. The zero-order chi connectivity index (χ0) is 20.1. The third kappa shape index (κ3) is 12.0. The van der Waals surface area contributed by atoms with Crippen molar-refractivity contribution < 1.29 is 14.0 Å². The lowest BCUT2D eigenvalue weighted by molar-refractivity contribution is -0.137. The number of carbonyl (C=O) groups excluding carboxylic acids is 1. The average molecular weight is 379 g/mol. The molecule has 0 saturated carbocycles. The van der Waals surface area contributed by atoms with Crippen molar-refractivity contribution in [3.63, 3.8) is 0 Å². The summed E-state index contributed by atoms with van der Waals surface area (Å²) in [7, 11) is -1.69. The van der Waals surface area contributed by atoms with E-state index in [-0.39, 0.29) is 17.1 Å². The molecule has 0 amide bonds. The van der Waals surface area contributed by atoms with E-state index in [0.717, 1.165) is 19.3 Å². The minimum absolute atomic E-state index is 0.148. The molecule has 0 aromatic carbocycles. The Morgan fingerprint density at radius 2 is 1.62 bits per heavy atom. The van der Waals surface area contributed by atoms with E-state index in [4.69, 9.17) is 9.16 Å². The van der Waals surface area contributed by atoms with Crippen LogP contribution in [0.1, 0.15) is 53.9 Å². The van der Waals surface area contributed by atoms with E-state index in [1.807, 2.05) is 6.08 Å². The predicted molar refractivity (Wildman–Crippen MR) is 115 cm³/mol. The van der Waals surface area contributed by atoms with Crippen molar-refractivity contribution in [3.05, 3.63) is 48.6 Å². The Kier molecular flexibility index (Phi) is 12.2. The summed E-state index contributed by atoms with van der Waals surface area (Å²) in [6.45, 7) is 15.7. The van der Waals surface area contributed by atoms with Gasteiger partial charge < -0.3 is 9.16 Å². The molecule has 0 aromatic rings. The first-order valence-electron chi connectivity index (χ1n) is 9.61. The topological polar surface area (TPSA) is 35.5 Å². The van der Waals surface area contributed by atoms with Crippen LogP contribution in [-0.4, -0.2) is 27.0 Å². The molecule has 1 atom stereocenters. The molecular formula is C22H38O3Si. The van der Waals surface area contributed by atoms with E-state index < -0.39 is 8.32 Å². The average Bonchev–Trinajstić information content (AvgIpc) is 2.51. The molecule has 0 aliphatic heterocycles. The largest absolute Gasteiger partial charge is 0.463 e. The van der Waals surface area contributed by atoms with Gasteiger partial charge in [-0.25, -0.2) is 4.79 Å². The van der Waals surface area contributed by atoms with Crippen LogP contribution in [-0.2, 0) is 14.0 Å². The summed E-state index contributed by atoms with van der Waals surface area (Å²) in [5, 5.41) is 0.240. The minimum Gasteiger partial charge on any atom is -0.463 e. The quantitative estimate of drug-likeness (QED) is 0.138. The van der Waals surface area contributed by atoms with Gasteiger partial charge in [0.1, 0.15) is 0 Å². The highest BCUT2D eigenvalue weighted by atomic mass is 28.4. The SMILES string of the molecule is CCOC(=O)/C=C/C=C/CCC/C=C/C=C/C(C)O[Si](C)(C)C(C)(C)C. The number of esters is 1. The summed E-state index contributed by atoms with van der Waals surface area (Å²) < 4.78 is 11.1. The number of ether oxygens (including phenoxy) is 1. The van der Waals surface area contributed by atoms with E-state index in [0.29, 0.717) is 6.61 Å². The maximum atomic E-state index is 11.1. The van der Waals surface area contributed by atoms with Crippen molar-refractivity contribution in [2.45, 2.75) is 78.1 Å². The van der Waals surface area contributed by atoms with Crippen molar-refractivity contribution in [1.82, 2.24) is 0 Å². The molecule has 0 heterocycles. The van der Waals surface area contributed by atoms with Crippen molar-refractivity contribution >= 4 is 14.3 Å². The van der Waals surface area contributed by atoms with Crippen LogP contribution in [0.3, 0.4) is 0 Å². The van der Waals surface area contributed by atoms with E-state index in [1.54, 1.807) is 13.0 Å². The normalized spacial score (nSPS) is 14.9. The highest BCUT2D eigenvalue weighted by Crippen LogP contribution is 2.37. The van der Waals surface area contributed by atoms with Crippen LogP contribution in [0.5, 0.6) is 0 Å². The van der Waals surface area contributed by atoms with Gasteiger partial charge in [0.25, 0.3) is 0 Å². The van der Waals surface area contributed by atoms with E-state index in [9.17, 15) is 4.79 Å². The van der Waals surface area contributed by atoms with Gasteiger partial charge in [-0.3, -0.25) is 0 Å². The fraction of sp³-hybridized carbons (Fsp3) is 0.591. The van der Waals surface area contributed by atoms with Gasteiger partial charge in [0.2, 0.25) is 0 Å². The predicted octanol–water partition coefficient (Wildman–Crippen LogP) is 6.35. The van der Waals surface area contributed by atoms with Crippen molar-refractivity contribution in [1.29, 1.82) is 0 Å². The Morgan fingerprint density at radius 1 is 1.04 bits per heavy atom. The van der Waals surface area contributed by atoms with Crippen LogP contribution in [0.25, 0.3) is 0 Å². The first-order valence-corrected chi connectivity index (χ1v) is 12.5. The molecule has 1 unspecified atom stereocenters. The lowest BCUT2D eigenvalue weighted by atomic mass is 10.2. The van der Waals surface area contributed by atoms with Gasteiger partial charge in [0.15, 0.2) is 8.32 Å². The smallest absolute Gasteiger partial charge is 0.330 e. The molecule has 0 N–H and O–H groups in total. The van der Waals surface area contributed by atoms with Gasteiger partial charge in [0, 0.05) is 6.08 Å². The molecule has 0 radical (unpaired) electrons. The van der Waals surface area contributed by atoms with E-state index in [1.165, 1.54) is 6.08 Å². The molecule has 0 aromatic heterocycles. The van der Waals surface area contributed by atoms with Crippen LogP contribution in [0.15, 0.2) is 48.6 Å². The Labute approximate surface area is 162 Å². The van der Waals surface area contributed by atoms with Gasteiger partial charge in [-0.05, 0) is 51.2 Å². The number of hydrogen-bond donors (Lipinski definition) is 0. The first-order chi connectivity index (χ1) is 12.1. The van der Waals surface area contributed by atoms with Crippen LogP contribution in [0, 0.1) is 0 Å². The molecule has 3 nitrogen and oxygen atoms in total. The maximum Gasteiger partial charge on any atom is 0.330 e. The second-order valence-corrected chi connectivity index (χ2v) is 12.6. The van der Waals surface area contributed by atoms with Crippen LogP contribution in [0.4, 0.5) is 0 Å². The number of carbonyl (C=O) groups is 1. The molecule has 148 valence electrons. The third-order valence-electron chi connectivity index (χ3n) is 4.42. The van der Waals surface area contributed by atoms with Gasteiger partial charge in [-0.15, -0.1) is 0 Å². The number of hydrogen-bond acceptors (Lipinski definition) is 3. The van der Waals surface area contributed by atoms with Gasteiger partial charge in [-0.2, -0.15) is 0 Å². The summed E-state index contributed by atoms with van der Waals surface area (Å²) in [5.41, 5.74) is 0. The zero-order valence-electron chi connectivity index (χ0n) is 17.7. The van der Waals surface area contributed by atoms with Gasteiger partial charge in [-0.1, -0.05) is 63.3 Å².